The van der Waals surface area contributed by atoms with Gasteiger partial charge in [-0.05, 0) is 61.3 Å². The highest BCUT2D eigenvalue weighted by Gasteiger charge is 2.37. The topological polar surface area (TPSA) is 74.0 Å². The molecular formula is C25H29N3O2S. The van der Waals surface area contributed by atoms with Crippen molar-refractivity contribution in [3.8, 4) is 0 Å². The van der Waals surface area contributed by atoms with Crippen molar-refractivity contribution in [1.29, 1.82) is 0 Å². The Kier molecular flexibility index (Phi) is 6.66. The number of carbonyl (C=O) groups excluding carboxylic acids is 2. The lowest BCUT2D eigenvalue weighted by molar-refractivity contribution is -0.122. The third-order valence-electron chi connectivity index (χ3n) is 6.16. The van der Waals surface area contributed by atoms with Crippen molar-refractivity contribution in [3.05, 3.63) is 65.9 Å². The normalized spacial score (nSPS) is 18.3. The first-order valence-electron chi connectivity index (χ1n) is 10.8. The number of hydrogen-bond acceptors (Lipinski definition) is 3. The summed E-state index contributed by atoms with van der Waals surface area (Å²) in [4.78, 5) is 29.0. The molecule has 1 aromatic heterocycles. The Labute approximate surface area is 187 Å². The standard InChI is InChI=1S/C25H29N3O2S/c1-31-20-8-6-18(7-9-20)16-25(14-11-24(30)28-25)13-10-23(29)26-15-12-19-17-27-22-5-3-2-4-21(19)22/h2-9,17,27H,10-16H2,1H3,(H,26,29)(H,28,30)/t25-/m0/s1. The van der Waals surface area contributed by atoms with Crippen molar-refractivity contribution >= 4 is 34.5 Å². The number of hydrogen-bond donors (Lipinski definition) is 3. The molecule has 0 bridgehead atoms. The van der Waals surface area contributed by atoms with Gasteiger partial charge in [-0.2, -0.15) is 0 Å². The summed E-state index contributed by atoms with van der Waals surface area (Å²) < 4.78 is 0. The van der Waals surface area contributed by atoms with E-state index in [2.05, 4.69) is 58.3 Å². The molecule has 2 heterocycles. The van der Waals surface area contributed by atoms with E-state index in [0.717, 1.165) is 24.8 Å². The zero-order valence-corrected chi connectivity index (χ0v) is 18.7. The van der Waals surface area contributed by atoms with E-state index in [1.165, 1.54) is 21.4 Å². The van der Waals surface area contributed by atoms with Crippen molar-refractivity contribution in [2.45, 2.75) is 49.0 Å². The van der Waals surface area contributed by atoms with E-state index in [0.29, 0.717) is 25.8 Å². The Morgan fingerprint density at radius 1 is 1.16 bits per heavy atom. The van der Waals surface area contributed by atoms with E-state index in [1.54, 1.807) is 11.8 Å². The molecule has 1 atom stereocenters. The maximum absolute atomic E-state index is 12.5. The smallest absolute Gasteiger partial charge is 0.220 e. The van der Waals surface area contributed by atoms with Gasteiger partial charge in [0.1, 0.15) is 0 Å². The van der Waals surface area contributed by atoms with Gasteiger partial charge < -0.3 is 15.6 Å². The summed E-state index contributed by atoms with van der Waals surface area (Å²) in [7, 11) is 0. The minimum Gasteiger partial charge on any atom is -0.361 e. The predicted octanol–water partition coefficient (Wildman–Crippen LogP) is 4.22. The summed E-state index contributed by atoms with van der Waals surface area (Å²) in [5.41, 5.74) is 3.20. The Morgan fingerprint density at radius 3 is 2.71 bits per heavy atom. The van der Waals surface area contributed by atoms with Gasteiger partial charge in [0.25, 0.3) is 0 Å². The lowest BCUT2D eigenvalue weighted by Crippen LogP contribution is -2.44. The molecule has 3 N–H and O–H groups in total. The molecule has 1 fully saturated rings. The molecule has 0 saturated carbocycles. The molecule has 0 spiro atoms. The van der Waals surface area contributed by atoms with Crippen LogP contribution in [0.1, 0.15) is 36.8 Å². The Balaban J connectivity index is 1.30. The molecule has 1 aliphatic heterocycles. The number of nitrogens with one attached hydrogen (secondary N) is 3. The SMILES string of the molecule is CSc1ccc(C[C@]2(CCC(=O)NCCc3c[nH]c4ccccc34)CCC(=O)N2)cc1. The largest absolute Gasteiger partial charge is 0.361 e. The van der Waals surface area contributed by atoms with Gasteiger partial charge >= 0.3 is 0 Å². The van der Waals surface area contributed by atoms with E-state index >= 15 is 0 Å². The average molecular weight is 436 g/mol. The van der Waals surface area contributed by atoms with Gasteiger partial charge in [0.05, 0.1) is 0 Å². The highest BCUT2D eigenvalue weighted by Crippen LogP contribution is 2.30. The summed E-state index contributed by atoms with van der Waals surface area (Å²) in [6.07, 6.45) is 8.01. The molecular weight excluding hydrogens is 406 g/mol. The zero-order chi connectivity index (χ0) is 21.7. The summed E-state index contributed by atoms with van der Waals surface area (Å²) >= 11 is 1.72. The number of thioether (sulfide) groups is 1. The monoisotopic (exact) mass is 435 g/mol. The van der Waals surface area contributed by atoms with E-state index in [9.17, 15) is 9.59 Å². The fraction of sp³-hybridized carbons (Fsp3) is 0.360. The third-order valence-corrected chi connectivity index (χ3v) is 6.90. The highest BCUT2D eigenvalue weighted by atomic mass is 32.2. The number of fused-ring (bicyclic) bond motifs is 1. The van der Waals surface area contributed by atoms with Crippen molar-refractivity contribution in [2.24, 2.45) is 0 Å². The van der Waals surface area contributed by atoms with Crippen molar-refractivity contribution < 1.29 is 9.59 Å². The first-order valence-corrected chi connectivity index (χ1v) is 12.0. The van der Waals surface area contributed by atoms with Crippen molar-refractivity contribution in [1.82, 2.24) is 15.6 Å². The first kappa shape index (κ1) is 21.5. The summed E-state index contributed by atoms with van der Waals surface area (Å²) in [6, 6.07) is 16.7. The number of amides is 2. The second-order valence-electron chi connectivity index (χ2n) is 8.31. The summed E-state index contributed by atoms with van der Waals surface area (Å²) in [6.45, 7) is 0.607. The second-order valence-corrected chi connectivity index (χ2v) is 9.19. The van der Waals surface area contributed by atoms with Gasteiger partial charge in [-0.3, -0.25) is 9.59 Å². The van der Waals surface area contributed by atoms with Crippen LogP contribution in [0.4, 0.5) is 0 Å². The van der Waals surface area contributed by atoms with E-state index < -0.39 is 0 Å². The number of benzene rings is 2. The maximum Gasteiger partial charge on any atom is 0.220 e. The van der Waals surface area contributed by atoms with E-state index in [-0.39, 0.29) is 17.4 Å². The van der Waals surface area contributed by atoms with Crippen molar-refractivity contribution in [3.63, 3.8) is 0 Å². The molecule has 1 saturated heterocycles. The summed E-state index contributed by atoms with van der Waals surface area (Å²) in [5.74, 6) is 0.124. The van der Waals surface area contributed by atoms with Crippen LogP contribution in [0.2, 0.25) is 0 Å². The van der Waals surface area contributed by atoms with E-state index in [1.807, 2.05) is 18.3 Å². The number of H-pyrrole nitrogens is 1. The molecule has 2 aromatic carbocycles. The van der Waals surface area contributed by atoms with Gasteiger partial charge in [0.2, 0.25) is 11.8 Å². The Bertz CT molecular complexity index is 1060. The molecule has 6 heteroatoms. The van der Waals surface area contributed by atoms with Crippen LogP contribution >= 0.6 is 11.8 Å². The average Bonchev–Trinajstić information content (AvgIpc) is 3.37. The van der Waals surface area contributed by atoms with Gasteiger partial charge in [0, 0.05) is 46.9 Å². The van der Waals surface area contributed by atoms with Gasteiger partial charge in [0.15, 0.2) is 0 Å². The second kappa shape index (κ2) is 9.60. The number of rotatable bonds is 9. The van der Waals surface area contributed by atoms with Crippen LogP contribution in [0.5, 0.6) is 0 Å². The van der Waals surface area contributed by atoms with Gasteiger partial charge in [-0.1, -0.05) is 30.3 Å². The minimum atomic E-state index is -0.327. The van der Waals surface area contributed by atoms with Crippen LogP contribution in [-0.4, -0.2) is 35.1 Å². The Morgan fingerprint density at radius 2 is 1.97 bits per heavy atom. The van der Waals surface area contributed by atoms with Crippen LogP contribution in [-0.2, 0) is 22.4 Å². The first-order chi connectivity index (χ1) is 15.1. The fourth-order valence-corrected chi connectivity index (χ4v) is 4.84. The molecule has 2 amide bonds. The molecule has 162 valence electrons. The van der Waals surface area contributed by atoms with Crippen LogP contribution in [0, 0.1) is 0 Å². The quantitative estimate of drug-likeness (QED) is 0.441. The number of para-hydroxylation sites is 1. The minimum absolute atomic E-state index is 0.0399. The number of aromatic amines is 1. The highest BCUT2D eigenvalue weighted by molar-refractivity contribution is 7.98. The van der Waals surface area contributed by atoms with Crippen molar-refractivity contribution in [2.75, 3.05) is 12.8 Å². The zero-order valence-electron chi connectivity index (χ0n) is 17.9. The molecule has 1 aliphatic rings. The molecule has 0 unspecified atom stereocenters. The number of aromatic nitrogens is 1. The maximum atomic E-state index is 12.5. The lowest BCUT2D eigenvalue weighted by Gasteiger charge is -2.29. The van der Waals surface area contributed by atoms with Gasteiger partial charge in [-0.25, -0.2) is 0 Å². The summed E-state index contributed by atoms with van der Waals surface area (Å²) in [5, 5.41) is 7.42. The van der Waals surface area contributed by atoms with Gasteiger partial charge in [-0.15, -0.1) is 11.8 Å². The molecule has 3 aromatic rings. The molecule has 5 nitrogen and oxygen atoms in total. The van der Waals surface area contributed by atoms with Crippen LogP contribution in [0.3, 0.4) is 0 Å². The fourth-order valence-electron chi connectivity index (χ4n) is 4.43. The molecule has 4 rings (SSSR count). The lowest BCUT2D eigenvalue weighted by atomic mass is 9.85. The molecule has 0 radical (unpaired) electrons. The molecule has 0 aliphatic carbocycles. The Hall–Kier alpha value is -2.73. The van der Waals surface area contributed by atoms with Crippen LogP contribution in [0.15, 0.2) is 59.6 Å². The van der Waals surface area contributed by atoms with Crippen LogP contribution < -0.4 is 10.6 Å². The van der Waals surface area contributed by atoms with E-state index in [4.69, 9.17) is 0 Å². The predicted molar refractivity (Wildman–Crippen MR) is 126 cm³/mol. The van der Waals surface area contributed by atoms with Crippen LogP contribution in [0.25, 0.3) is 10.9 Å². The molecule has 31 heavy (non-hydrogen) atoms. The number of carbonyl (C=O) groups is 2. The third kappa shape index (κ3) is 5.31.